The molecule has 0 unspecified atom stereocenters. The molecule has 0 radical (unpaired) electrons. The maximum atomic E-state index is 5.82. The molecule has 0 spiro atoms. The van der Waals surface area contributed by atoms with E-state index in [4.69, 9.17) is 10.5 Å². The maximum Gasteiger partial charge on any atom is 0.128 e. The fourth-order valence-corrected chi connectivity index (χ4v) is 1.69. The number of rotatable bonds is 5. The highest BCUT2D eigenvalue weighted by molar-refractivity contribution is 5.53. The summed E-state index contributed by atoms with van der Waals surface area (Å²) in [7, 11) is 0. The smallest absolute Gasteiger partial charge is 0.128 e. The lowest BCUT2D eigenvalue weighted by Gasteiger charge is -2.09. The third-order valence-electron chi connectivity index (χ3n) is 2.81. The van der Waals surface area contributed by atoms with Gasteiger partial charge in [0.15, 0.2) is 0 Å². The van der Waals surface area contributed by atoms with Gasteiger partial charge in [-0.15, -0.1) is 0 Å². The van der Waals surface area contributed by atoms with Gasteiger partial charge in [-0.25, -0.2) is 4.98 Å². The predicted octanol–water partition coefficient (Wildman–Crippen LogP) is 2.77. The first-order valence-electron chi connectivity index (χ1n) is 6.30. The van der Waals surface area contributed by atoms with Gasteiger partial charge in [-0.05, 0) is 37.1 Å². The molecule has 4 heteroatoms. The number of ether oxygens (including phenoxy) is 1. The summed E-state index contributed by atoms with van der Waals surface area (Å²) in [6, 6.07) is 9.84. The summed E-state index contributed by atoms with van der Waals surface area (Å²) in [5.74, 6) is 1.66. The molecule has 2 rings (SSSR count). The monoisotopic (exact) mass is 257 g/mol. The number of nitrogen functional groups attached to an aromatic ring is 1. The van der Waals surface area contributed by atoms with Crippen LogP contribution in [0.25, 0.3) is 0 Å². The molecule has 0 saturated heterocycles. The second-order valence-electron chi connectivity index (χ2n) is 4.52. The average molecular weight is 257 g/mol. The zero-order valence-corrected chi connectivity index (χ0v) is 11.3. The second kappa shape index (κ2) is 6.09. The molecule has 0 aliphatic rings. The maximum absolute atomic E-state index is 5.82. The number of benzene rings is 1. The Morgan fingerprint density at radius 3 is 2.84 bits per heavy atom. The Morgan fingerprint density at radius 2 is 2.11 bits per heavy atom. The number of hydrogen-bond acceptors (Lipinski definition) is 4. The highest BCUT2D eigenvalue weighted by Crippen LogP contribution is 2.14. The highest BCUT2D eigenvalue weighted by Gasteiger charge is 1.98. The molecule has 1 aromatic heterocycles. The van der Waals surface area contributed by atoms with Crippen molar-refractivity contribution >= 4 is 11.5 Å². The quantitative estimate of drug-likeness (QED) is 0.809. The Hall–Kier alpha value is -2.23. The number of hydrogen-bond donors (Lipinski definition) is 2. The van der Waals surface area contributed by atoms with E-state index >= 15 is 0 Å². The highest BCUT2D eigenvalue weighted by atomic mass is 16.5. The Labute approximate surface area is 113 Å². The molecule has 1 aromatic carbocycles. The van der Waals surface area contributed by atoms with Crippen LogP contribution in [0.3, 0.4) is 0 Å². The summed E-state index contributed by atoms with van der Waals surface area (Å²) in [6.07, 6.45) is 1.76. The van der Waals surface area contributed by atoms with Crippen LogP contribution in [0, 0.1) is 13.8 Å². The fraction of sp³-hybridized carbons (Fsp3) is 0.267. The molecule has 100 valence electrons. The van der Waals surface area contributed by atoms with Crippen LogP contribution < -0.4 is 15.8 Å². The van der Waals surface area contributed by atoms with E-state index in [-0.39, 0.29) is 0 Å². The number of nitrogens with two attached hydrogens (primary N) is 1. The van der Waals surface area contributed by atoms with Crippen molar-refractivity contribution in [3.05, 3.63) is 47.7 Å². The van der Waals surface area contributed by atoms with Crippen molar-refractivity contribution in [1.82, 2.24) is 4.98 Å². The van der Waals surface area contributed by atoms with Gasteiger partial charge < -0.3 is 15.8 Å². The lowest BCUT2D eigenvalue weighted by atomic mass is 10.2. The number of aromatic nitrogens is 1. The molecule has 19 heavy (non-hydrogen) atoms. The van der Waals surface area contributed by atoms with Crippen LogP contribution in [0.2, 0.25) is 0 Å². The van der Waals surface area contributed by atoms with Crippen LogP contribution >= 0.6 is 0 Å². The standard InChI is InChI=1S/C15H19N3O/c1-11-4-3-5-13(8-11)19-7-6-17-15-9-14(16)12(2)10-18-15/h3-5,8-10H,6-7H2,1-2H3,(H3,16,17,18). The zero-order valence-electron chi connectivity index (χ0n) is 11.3. The van der Waals surface area contributed by atoms with E-state index in [0.29, 0.717) is 13.2 Å². The zero-order chi connectivity index (χ0) is 13.7. The summed E-state index contributed by atoms with van der Waals surface area (Å²) < 4.78 is 5.64. The summed E-state index contributed by atoms with van der Waals surface area (Å²) in [6.45, 7) is 5.25. The SMILES string of the molecule is Cc1cccc(OCCNc2cc(N)c(C)cn2)c1. The second-order valence-corrected chi connectivity index (χ2v) is 4.52. The predicted molar refractivity (Wildman–Crippen MR) is 78.6 cm³/mol. The van der Waals surface area contributed by atoms with E-state index in [2.05, 4.69) is 10.3 Å². The van der Waals surface area contributed by atoms with Crippen LogP contribution in [0.5, 0.6) is 5.75 Å². The fourth-order valence-electron chi connectivity index (χ4n) is 1.69. The minimum absolute atomic E-state index is 0.582. The first-order chi connectivity index (χ1) is 9.15. The molecule has 0 atom stereocenters. The summed E-state index contributed by atoms with van der Waals surface area (Å²) in [5, 5.41) is 3.18. The lowest BCUT2D eigenvalue weighted by Crippen LogP contribution is -2.12. The minimum Gasteiger partial charge on any atom is -0.492 e. The summed E-state index contributed by atoms with van der Waals surface area (Å²) >= 11 is 0. The molecule has 4 nitrogen and oxygen atoms in total. The van der Waals surface area contributed by atoms with Gasteiger partial charge in [0.25, 0.3) is 0 Å². The van der Waals surface area contributed by atoms with E-state index in [1.165, 1.54) is 5.56 Å². The molecular weight excluding hydrogens is 238 g/mol. The van der Waals surface area contributed by atoms with E-state index < -0.39 is 0 Å². The molecule has 0 saturated carbocycles. The van der Waals surface area contributed by atoms with Gasteiger partial charge in [0.05, 0.1) is 6.54 Å². The van der Waals surface area contributed by atoms with Crippen molar-refractivity contribution in [1.29, 1.82) is 0 Å². The molecule has 1 heterocycles. The number of pyridine rings is 1. The normalized spacial score (nSPS) is 10.2. The Balaban J connectivity index is 1.79. The van der Waals surface area contributed by atoms with E-state index in [1.807, 2.05) is 44.2 Å². The Kier molecular flexibility index (Phi) is 4.23. The average Bonchev–Trinajstić information content (AvgIpc) is 2.39. The number of nitrogens with zero attached hydrogens (tertiary/aromatic N) is 1. The molecule has 0 aliphatic heterocycles. The van der Waals surface area contributed by atoms with Gasteiger partial charge >= 0.3 is 0 Å². The van der Waals surface area contributed by atoms with Crippen molar-refractivity contribution < 1.29 is 4.74 Å². The van der Waals surface area contributed by atoms with Crippen molar-refractivity contribution in [2.45, 2.75) is 13.8 Å². The Bertz CT molecular complexity index is 555. The van der Waals surface area contributed by atoms with Gasteiger partial charge in [-0.2, -0.15) is 0 Å². The molecule has 0 amide bonds. The largest absolute Gasteiger partial charge is 0.492 e. The topological polar surface area (TPSA) is 60.2 Å². The van der Waals surface area contributed by atoms with Crippen molar-refractivity contribution in [3.8, 4) is 5.75 Å². The lowest BCUT2D eigenvalue weighted by molar-refractivity contribution is 0.332. The van der Waals surface area contributed by atoms with Crippen LogP contribution in [0.15, 0.2) is 36.5 Å². The minimum atomic E-state index is 0.582. The van der Waals surface area contributed by atoms with Gasteiger partial charge in [0.1, 0.15) is 18.2 Å². The van der Waals surface area contributed by atoms with E-state index in [0.717, 1.165) is 22.8 Å². The molecule has 2 aromatic rings. The first-order valence-corrected chi connectivity index (χ1v) is 6.30. The number of aryl methyl sites for hydroxylation is 2. The molecule has 0 bridgehead atoms. The number of nitrogens with one attached hydrogen (secondary N) is 1. The van der Waals surface area contributed by atoms with E-state index in [1.54, 1.807) is 6.20 Å². The third kappa shape index (κ3) is 3.88. The number of anilines is 2. The Morgan fingerprint density at radius 1 is 1.26 bits per heavy atom. The van der Waals surface area contributed by atoms with E-state index in [9.17, 15) is 0 Å². The van der Waals surface area contributed by atoms with Crippen molar-refractivity contribution in [2.24, 2.45) is 0 Å². The van der Waals surface area contributed by atoms with Gasteiger partial charge in [0, 0.05) is 18.0 Å². The van der Waals surface area contributed by atoms with Gasteiger partial charge in [-0.1, -0.05) is 12.1 Å². The summed E-state index contributed by atoms with van der Waals surface area (Å²) in [4.78, 5) is 4.25. The van der Waals surface area contributed by atoms with Crippen LogP contribution in [-0.2, 0) is 0 Å². The van der Waals surface area contributed by atoms with Crippen LogP contribution in [0.1, 0.15) is 11.1 Å². The third-order valence-corrected chi connectivity index (χ3v) is 2.81. The first kappa shape index (κ1) is 13.2. The molecular formula is C15H19N3O. The van der Waals surface area contributed by atoms with Crippen LogP contribution in [0.4, 0.5) is 11.5 Å². The van der Waals surface area contributed by atoms with Crippen molar-refractivity contribution in [2.75, 3.05) is 24.2 Å². The molecule has 0 fully saturated rings. The summed E-state index contributed by atoms with van der Waals surface area (Å²) in [5.41, 5.74) is 8.75. The van der Waals surface area contributed by atoms with Crippen molar-refractivity contribution in [3.63, 3.8) is 0 Å². The molecule has 3 N–H and O–H groups in total. The molecule has 0 aliphatic carbocycles. The van der Waals surface area contributed by atoms with Gasteiger partial charge in [-0.3, -0.25) is 0 Å². The van der Waals surface area contributed by atoms with Crippen LogP contribution in [-0.4, -0.2) is 18.1 Å². The van der Waals surface area contributed by atoms with Gasteiger partial charge in [0.2, 0.25) is 0 Å².